The number of benzene rings is 2. The third-order valence-corrected chi connectivity index (χ3v) is 6.39. The number of likely N-dealkylation sites (tertiary alicyclic amines) is 1. The standard InChI is InChI=1S/C21H17ClN4O4S/c22-13-4-1-3-12(9-13)21(28)26-8-2-5-15(26)19-24-25-20(31-19)18(27)23-14-6-7-16-17(10-14)30-11-29-16/h1,3-4,6-7,9-10,15H,2,5,8,11H2,(H,23,27)/t15-/m0/s1. The van der Waals surface area contributed by atoms with Gasteiger partial charge in [-0.3, -0.25) is 9.59 Å². The number of amides is 2. The number of rotatable bonds is 4. The summed E-state index contributed by atoms with van der Waals surface area (Å²) in [5.41, 5.74) is 1.11. The summed E-state index contributed by atoms with van der Waals surface area (Å²) in [7, 11) is 0. The molecule has 0 bridgehead atoms. The van der Waals surface area contributed by atoms with E-state index in [1.165, 1.54) is 11.3 Å². The van der Waals surface area contributed by atoms with E-state index in [0.29, 0.717) is 39.3 Å². The molecule has 8 nitrogen and oxygen atoms in total. The highest BCUT2D eigenvalue weighted by molar-refractivity contribution is 7.13. The molecule has 5 rings (SSSR count). The van der Waals surface area contributed by atoms with Crippen LogP contribution in [0.4, 0.5) is 5.69 Å². The average Bonchev–Trinajstić information content (AvgIpc) is 3.52. The maximum atomic E-state index is 13.0. The molecule has 31 heavy (non-hydrogen) atoms. The molecule has 0 unspecified atom stereocenters. The smallest absolute Gasteiger partial charge is 0.286 e. The van der Waals surface area contributed by atoms with Crippen molar-refractivity contribution in [3.63, 3.8) is 0 Å². The van der Waals surface area contributed by atoms with Gasteiger partial charge in [-0.2, -0.15) is 0 Å². The third kappa shape index (κ3) is 3.94. The Labute approximate surface area is 186 Å². The molecule has 1 aromatic heterocycles. The number of carbonyl (C=O) groups excluding carboxylic acids is 2. The van der Waals surface area contributed by atoms with E-state index in [1.807, 2.05) is 0 Å². The molecule has 3 heterocycles. The van der Waals surface area contributed by atoms with Gasteiger partial charge in [-0.05, 0) is 43.2 Å². The Morgan fingerprint density at radius 1 is 1.13 bits per heavy atom. The molecule has 10 heteroatoms. The quantitative estimate of drug-likeness (QED) is 0.633. The minimum Gasteiger partial charge on any atom is -0.454 e. The van der Waals surface area contributed by atoms with Crippen molar-refractivity contribution in [3.8, 4) is 11.5 Å². The van der Waals surface area contributed by atoms with Crippen molar-refractivity contribution in [3.05, 3.63) is 63.1 Å². The Kier molecular flexibility index (Phi) is 5.21. The fourth-order valence-corrected chi connectivity index (χ4v) is 4.75. The Hall–Kier alpha value is -3.17. The van der Waals surface area contributed by atoms with Gasteiger partial charge in [0.15, 0.2) is 11.5 Å². The van der Waals surface area contributed by atoms with E-state index in [1.54, 1.807) is 47.4 Å². The summed E-state index contributed by atoms with van der Waals surface area (Å²) < 4.78 is 10.6. The van der Waals surface area contributed by atoms with Crippen LogP contribution < -0.4 is 14.8 Å². The van der Waals surface area contributed by atoms with Gasteiger partial charge >= 0.3 is 0 Å². The SMILES string of the molecule is O=C(Nc1ccc2c(c1)OCO2)c1nnc([C@@H]2CCCN2C(=O)c2cccc(Cl)c2)s1. The van der Waals surface area contributed by atoms with Gasteiger partial charge in [0.1, 0.15) is 5.01 Å². The zero-order valence-electron chi connectivity index (χ0n) is 16.2. The van der Waals surface area contributed by atoms with Crippen LogP contribution in [-0.2, 0) is 0 Å². The maximum Gasteiger partial charge on any atom is 0.286 e. The van der Waals surface area contributed by atoms with Crippen LogP contribution in [0.1, 0.15) is 44.1 Å². The van der Waals surface area contributed by atoms with Crippen LogP contribution in [0.3, 0.4) is 0 Å². The Balaban J connectivity index is 1.31. The Morgan fingerprint density at radius 2 is 2.00 bits per heavy atom. The van der Waals surface area contributed by atoms with Gasteiger partial charge in [0.2, 0.25) is 11.8 Å². The van der Waals surface area contributed by atoms with E-state index in [2.05, 4.69) is 15.5 Å². The minimum atomic E-state index is -0.367. The minimum absolute atomic E-state index is 0.105. The van der Waals surface area contributed by atoms with Gasteiger partial charge in [0.25, 0.3) is 11.8 Å². The molecule has 1 N–H and O–H groups in total. The predicted octanol–water partition coefficient (Wildman–Crippen LogP) is 4.15. The Morgan fingerprint density at radius 3 is 2.87 bits per heavy atom. The summed E-state index contributed by atoms with van der Waals surface area (Å²) >= 11 is 7.23. The number of ether oxygens (including phenoxy) is 2. The lowest BCUT2D eigenvalue weighted by Crippen LogP contribution is -2.30. The lowest BCUT2D eigenvalue weighted by Gasteiger charge is -2.22. The fourth-order valence-electron chi connectivity index (χ4n) is 3.67. The molecule has 2 amide bonds. The number of hydrogen-bond donors (Lipinski definition) is 1. The lowest BCUT2D eigenvalue weighted by atomic mass is 10.1. The highest BCUT2D eigenvalue weighted by Gasteiger charge is 2.33. The number of hydrogen-bond acceptors (Lipinski definition) is 7. The molecule has 158 valence electrons. The third-order valence-electron chi connectivity index (χ3n) is 5.14. The van der Waals surface area contributed by atoms with Gasteiger partial charge < -0.3 is 19.7 Å². The summed E-state index contributed by atoms with van der Waals surface area (Å²) in [5, 5.41) is 12.4. The lowest BCUT2D eigenvalue weighted by molar-refractivity contribution is 0.0735. The summed E-state index contributed by atoms with van der Waals surface area (Å²) in [6.07, 6.45) is 1.62. The van der Waals surface area contributed by atoms with Crippen LogP contribution in [0.2, 0.25) is 5.02 Å². The van der Waals surface area contributed by atoms with E-state index in [0.717, 1.165) is 12.8 Å². The number of anilines is 1. The molecule has 1 fully saturated rings. The first-order valence-corrected chi connectivity index (χ1v) is 10.9. The highest BCUT2D eigenvalue weighted by atomic mass is 35.5. The van der Waals surface area contributed by atoms with Crippen molar-refractivity contribution < 1.29 is 19.1 Å². The first-order valence-electron chi connectivity index (χ1n) is 9.69. The highest BCUT2D eigenvalue weighted by Crippen LogP contribution is 2.36. The predicted molar refractivity (Wildman–Crippen MR) is 115 cm³/mol. The van der Waals surface area contributed by atoms with E-state index in [9.17, 15) is 9.59 Å². The van der Waals surface area contributed by atoms with Crippen molar-refractivity contribution >= 4 is 40.4 Å². The zero-order chi connectivity index (χ0) is 21.4. The molecule has 1 saturated heterocycles. The molecular weight excluding hydrogens is 440 g/mol. The summed E-state index contributed by atoms with van der Waals surface area (Å²) in [4.78, 5) is 27.4. The molecule has 3 aromatic rings. The molecule has 0 saturated carbocycles. The average molecular weight is 457 g/mol. The topological polar surface area (TPSA) is 93.7 Å². The number of aromatic nitrogens is 2. The fraction of sp³-hybridized carbons (Fsp3) is 0.238. The van der Waals surface area contributed by atoms with Crippen molar-refractivity contribution in [2.45, 2.75) is 18.9 Å². The largest absolute Gasteiger partial charge is 0.454 e. The summed E-state index contributed by atoms with van der Waals surface area (Å²) in [5.74, 6) is 0.749. The van der Waals surface area contributed by atoms with Crippen LogP contribution in [0.25, 0.3) is 0 Å². The first-order chi connectivity index (χ1) is 15.1. The van der Waals surface area contributed by atoms with Crippen molar-refractivity contribution in [1.29, 1.82) is 0 Å². The van der Waals surface area contributed by atoms with Crippen molar-refractivity contribution in [1.82, 2.24) is 15.1 Å². The van der Waals surface area contributed by atoms with Crippen LogP contribution in [0.15, 0.2) is 42.5 Å². The molecule has 2 aliphatic rings. The number of carbonyl (C=O) groups is 2. The van der Waals surface area contributed by atoms with Crippen LogP contribution in [-0.4, -0.2) is 40.2 Å². The number of nitrogens with one attached hydrogen (secondary N) is 1. The Bertz CT molecular complexity index is 1170. The van der Waals surface area contributed by atoms with E-state index in [4.69, 9.17) is 21.1 Å². The molecule has 1 atom stereocenters. The zero-order valence-corrected chi connectivity index (χ0v) is 17.8. The second-order valence-electron chi connectivity index (χ2n) is 7.13. The molecule has 0 aliphatic carbocycles. The second kappa shape index (κ2) is 8.16. The van der Waals surface area contributed by atoms with Crippen LogP contribution >= 0.6 is 22.9 Å². The van der Waals surface area contributed by atoms with Crippen molar-refractivity contribution in [2.24, 2.45) is 0 Å². The van der Waals surface area contributed by atoms with Crippen LogP contribution in [0, 0.1) is 0 Å². The number of halogens is 1. The molecule has 0 radical (unpaired) electrons. The van der Waals surface area contributed by atoms with E-state index in [-0.39, 0.29) is 29.7 Å². The summed E-state index contributed by atoms with van der Waals surface area (Å²) in [6, 6.07) is 11.8. The van der Waals surface area contributed by atoms with Crippen molar-refractivity contribution in [2.75, 3.05) is 18.7 Å². The van der Waals surface area contributed by atoms with E-state index < -0.39 is 0 Å². The van der Waals surface area contributed by atoms with E-state index >= 15 is 0 Å². The molecule has 2 aromatic carbocycles. The second-order valence-corrected chi connectivity index (χ2v) is 8.58. The maximum absolute atomic E-state index is 13.0. The van der Waals surface area contributed by atoms with Gasteiger partial charge in [-0.25, -0.2) is 0 Å². The molecular formula is C21H17ClN4O4S. The van der Waals surface area contributed by atoms with Gasteiger partial charge in [0.05, 0.1) is 6.04 Å². The number of fused-ring (bicyclic) bond motifs is 1. The molecule has 0 spiro atoms. The monoisotopic (exact) mass is 456 g/mol. The van der Waals surface area contributed by atoms with Gasteiger partial charge in [-0.15, -0.1) is 10.2 Å². The molecule has 2 aliphatic heterocycles. The summed E-state index contributed by atoms with van der Waals surface area (Å²) in [6.45, 7) is 0.784. The van der Waals surface area contributed by atoms with Gasteiger partial charge in [-0.1, -0.05) is 29.0 Å². The number of nitrogens with zero attached hydrogens (tertiary/aromatic N) is 3. The van der Waals surface area contributed by atoms with Crippen LogP contribution in [0.5, 0.6) is 11.5 Å². The normalized spacial score (nSPS) is 17.1. The van der Waals surface area contributed by atoms with Gasteiger partial charge in [0, 0.05) is 28.9 Å². The first kappa shape index (κ1) is 19.8.